The van der Waals surface area contributed by atoms with E-state index >= 15 is 0 Å². The van der Waals surface area contributed by atoms with Crippen molar-refractivity contribution in [2.45, 2.75) is 52.1 Å². The molecule has 0 amide bonds. The van der Waals surface area contributed by atoms with Crippen LogP contribution in [0.25, 0.3) is 6.08 Å². The summed E-state index contributed by atoms with van der Waals surface area (Å²) in [6.45, 7) is 7.08. The second kappa shape index (κ2) is 6.26. The average molecular weight is 316 g/mol. The zero-order chi connectivity index (χ0) is 16.4. The van der Waals surface area contributed by atoms with Crippen molar-refractivity contribution < 1.29 is 19.0 Å². The minimum atomic E-state index is -0.483. The lowest BCUT2D eigenvalue weighted by atomic mass is 9.91. The van der Waals surface area contributed by atoms with Gasteiger partial charge in [-0.05, 0) is 58.1 Å². The molecule has 0 aliphatic carbocycles. The van der Waals surface area contributed by atoms with Gasteiger partial charge >= 0.3 is 5.97 Å². The van der Waals surface area contributed by atoms with Crippen LogP contribution in [-0.2, 0) is 22.4 Å². The van der Waals surface area contributed by atoms with Crippen LogP contribution >= 0.6 is 0 Å². The molecule has 2 aliphatic heterocycles. The molecule has 2 heterocycles. The van der Waals surface area contributed by atoms with E-state index in [1.165, 1.54) is 17.2 Å². The molecule has 0 unspecified atom stereocenters. The first-order valence-corrected chi connectivity index (χ1v) is 8.29. The summed E-state index contributed by atoms with van der Waals surface area (Å²) in [4.78, 5) is 12.0. The van der Waals surface area contributed by atoms with Crippen LogP contribution in [0.5, 0.6) is 11.5 Å². The van der Waals surface area contributed by atoms with E-state index in [4.69, 9.17) is 14.2 Å². The fourth-order valence-electron chi connectivity index (χ4n) is 3.06. The van der Waals surface area contributed by atoms with Gasteiger partial charge < -0.3 is 14.2 Å². The lowest BCUT2D eigenvalue weighted by Crippen LogP contribution is -2.22. The number of rotatable bonds is 2. The summed E-state index contributed by atoms with van der Waals surface area (Å²) in [5.74, 6) is 1.46. The van der Waals surface area contributed by atoms with Crippen LogP contribution < -0.4 is 9.47 Å². The molecule has 2 aliphatic rings. The molecule has 4 heteroatoms. The lowest BCUT2D eigenvalue weighted by Gasteiger charge is -2.26. The molecule has 0 fully saturated rings. The summed E-state index contributed by atoms with van der Waals surface area (Å²) in [5.41, 5.74) is 2.95. The fraction of sp³-hybridized carbons (Fsp3) is 0.526. The van der Waals surface area contributed by atoms with Crippen molar-refractivity contribution in [1.29, 1.82) is 0 Å². The van der Waals surface area contributed by atoms with Crippen molar-refractivity contribution >= 4 is 12.0 Å². The minimum absolute atomic E-state index is 0.322. The van der Waals surface area contributed by atoms with Gasteiger partial charge in [0.05, 0.1) is 13.2 Å². The first-order chi connectivity index (χ1) is 10.9. The van der Waals surface area contributed by atoms with Gasteiger partial charge in [0, 0.05) is 23.3 Å². The smallest absolute Gasteiger partial charge is 0.331 e. The zero-order valence-electron chi connectivity index (χ0n) is 14.1. The molecule has 0 spiro atoms. The lowest BCUT2D eigenvalue weighted by molar-refractivity contribution is -0.148. The molecule has 0 bridgehead atoms. The highest BCUT2D eigenvalue weighted by Crippen LogP contribution is 2.39. The molecule has 23 heavy (non-hydrogen) atoms. The fourth-order valence-corrected chi connectivity index (χ4v) is 3.06. The Morgan fingerprint density at radius 2 is 1.65 bits per heavy atom. The van der Waals surface area contributed by atoms with E-state index in [9.17, 15) is 4.79 Å². The molecule has 4 nitrogen and oxygen atoms in total. The van der Waals surface area contributed by atoms with Crippen molar-refractivity contribution in [3.63, 3.8) is 0 Å². The van der Waals surface area contributed by atoms with Crippen LogP contribution in [-0.4, -0.2) is 24.8 Å². The van der Waals surface area contributed by atoms with Crippen molar-refractivity contribution in [3.8, 4) is 11.5 Å². The van der Waals surface area contributed by atoms with Crippen LogP contribution in [0.2, 0.25) is 0 Å². The molecule has 0 radical (unpaired) electrons. The molecule has 1 aromatic rings. The van der Waals surface area contributed by atoms with E-state index in [0.717, 1.165) is 56.0 Å². The number of esters is 1. The number of hydrogen-bond acceptors (Lipinski definition) is 4. The van der Waals surface area contributed by atoms with Crippen LogP contribution in [0.15, 0.2) is 12.1 Å². The predicted octanol–water partition coefficient (Wildman–Crippen LogP) is 3.69. The van der Waals surface area contributed by atoms with Gasteiger partial charge in [-0.2, -0.15) is 0 Å². The monoisotopic (exact) mass is 316 g/mol. The molecule has 0 atom stereocenters. The van der Waals surface area contributed by atoms with Gasteiger partial charge in [-0.1, -0.05) is 0 Å². The molecular weight excluding hydrogens is 292 g/mol. The third-order valence-corrected chi connectivity index (χ3v) is 3.96. The third kappa shape index (κ3) is 3.69. The molecular formula is C19H24O4. The van der Waals surface area contributed by atoms with Gasteiger partial charge in [0.25, 0.3) is 0 Å². The van der Waals surface area contributed by atoms with Crippen LogP contribution in [0.1, 0.15) is 50.3 Å². The van der Waals surface area contributed by atoms with E-state index in [-0.39, 0.29) is 5.97 Å². The quantitative estimate of drug-likeness (QED) is 0.616. The van der Waals surface area contributed by atoms with Crippen LogP contribution in [0.3, 0.4) is 0 Å². The normalized spacial score (nSPS) is 17.0. The third-order valence-electron chi connectivity index (χ3n) is 3.96. The predicted molar refractivity (Wildman–Crippen MR) is 89.0 cm³/mol. The Hall–Kier alpha value is -1.97. The zero-order valence-corrected chi connectivity index (χ0v) is 14.1. The highest BCUT2D eigenvalue weighted by Gasteiger charge is 2.23. The summed E-state index contributed by atoms with van der Waals surface area (Å²) < 4.78 is 16.9. The largest absolute Gasteiger partial charge is 0.493 e. The maximum Gasteiger partial charge on any atom is 0.331 e. The average Bonchev–Trinajstić information content (AvgIpc) is 2.49. The van der Waals surface area contributed by atoms with E-state index in [1.54, 1.807) is 0 Å². The summed E-state index contributed by atoms with van der Waals surface area (Å²) in [6.07, 6.45) is 7.33. The van der Waals surface area contributed by atoms with Gasteiger partial charge in [0.2, 0.25) is 0 Å². The topological polar surface area (TPSA) is 44.8 Å². The van der Waals surface area contributed by atoms with Crippen LogP contribution in [0.4, 0.5) is 0 Å². The molecule has 3 rings (SSSR count). The Balaban J connectivity index is 1.95. The number of carbonyl (C=O) groups is 1. The van der Waals surface area contributed by atoms with E-state index in [1.807, 2.05) is 32.9 Å². The molecule has 0 saturated heterocycles. The van der Waals surface area contributed by atoms with Gasteiger partial charge in [-0.15, -0.1) is 0 Å². The van der Waals surface area contributed by atoms with Crippen molar-refractivity contribution in [2.24, 2.45) is 0 Å². The molecule has 1 aromatic carbocycles. The van der Waals surface area contributed by atoms with E-state index in [0.29, 0.717) is 0 Å². The Kier molecular flexibility index (Phi) is 4.33. The highest BCUT2D eigenvalue weighted by atomic mass is 16.6. The highest BCUT2D eigenvalue weighted by molar-refractivity contribution is 5.88. The second-order valence-corrected chi connectivity index (χ2v) is 7.01. The standard InChI is InChI=1S/C19H24O4/c1-19(2,3)23-18(20)9-8-13-14-6-4-10-21-16(14)12-17-15(13)7-5-11-22-17/h8-9,12H,4-7,10-11H2,1-3H3/b9-8+. The number of ether oxygens (including phenoxy) is 3. The SMILES string of the molecule is CC(C)(C)OC(=O)/C=C/c1c2c(cc3c1CCCO3)OCCC2. The summed E-state index contributed by atoms with van der Waals surface area (Å²) in [7, 11) is 0. The van der Waals surface area contributed by atoms with Gasteiger partial charge in [-0.3, -0.25) is 0 Å². The number of fused-ring (bicyclic) bond motifs is 2. The van der Waals surface area contributed by atoms with Crippen LogP contribution in [0, 0.1) is 0 Å². The molecule has 0 saturated carbocycles. The minimum Gasteiger partial charge on any atom is -0.493 e. The maximum absolute atomic E-state index is 12.0. The molecule has 0 aromatic heterocycles. The van der Waals surface area contributed by atoms with Gasteiger partial charge in [0.15, 0.2) is 0 Å². The molecule has 0 N–H and O–H groups in total. The maximum atomic E-state index is 12.0. The number of hydrogen-bond donors (Lipinski definition) is 0. The number of carbonyl (C=O) groups excluding carboxylic acids is 1. The Morgan fingerprint density at radius 1 is 1.09 bits per heavy atom. The second-order valence-electron chi connectivity index (χ2n) is 7.01. The Morgan fingerprint density at radius 3 is 2.17 bits per heavy atom. The summed E-state index contributed by atoms with van der Waals surface area (Å²) in [5, 5.41) is 0. The van der Waals surface area contributed by atoms with E-state index in [2.05, 4.69) is 0 Å². The Bertz CT molecular complexity index is 604. The Labute approximate surface area is 137 Å². The number of benzene rings is 1. The summed E-state index contributed by atoms with van der Waals surface area (Å²) >= 11 is 0. The summed E-state index contributed by atoms with van der Waals surface area (Å²) in [6, 6.07) is 2.01. The van der Waals surface area contributed by atoms with Gasteiger partial charge in [0.1, 0.15) is 17.1 Å². The van der Waals surface area contributed by atoms with Crippen molar-refractivity contribution in [3.05, 3.63) is 28.8 Å². The van der Waals surface area contributed by atoms with Gasteiger partial charge in [-0.25, -0.2) is 4.79 Å². The molecule has 124 valence electrons. The van der Waals surface area contributed by atoms with E-state index < -0.39 is 5.60 Å². The van der Waals surface area contributed by atoms with Crippen molar-refractivity contribution in [2.75, 3.05) is 13.2 Å². The van der Waals surface area contributed by atoms with Crippen molar-refractivity contribution in [1.82, 2.24) is 0 Å². The first-order valence-electron chi connectivity index (χ1n) is 8.29. The first kappa shape index (κ1) is 15.9.